The molecule has 0 unspecified atom stereocenters. The van der Waals surface area contributed by atoms with Gasteiger partial charge in [0.15, 0.2) is 5.82 Å². The van der Waals surface area contributed by atoms with Gasteiger partial charge in [-0.05, 0) is 23.8 Å². The maximum Gasteiger partial charge on any atom is 0.249 e. The zero-order valence-electron chi connectivity index (χ0n) is 13.2. The predicted molar refractivity (Wildman–Crippen MR) is 91.8 cm³/mol. The van der Waals surface area contributed by atoms with Gasteiger partial charge in [0.25, 0.3) is 0 Å². The normalized spacial score (nSPS) is 11.0. The van der Waals surface area contributed by atoms with Gasteiger partial charge in [-0.25, -0.2) is 8.78 Å². The van der Waals surface area contributed by atoms with Crippen LogP contribution in [0.4, 0.5) is 14.6 Å². The van der Waals surface area contributed by atoms with Crippen LogP contribution >= 0.6 is 0 Å². The van der Waals surface area contributed by atoms with Gasteiger partial charge in [-0.1, -0.05) is 36.4 Å². The monoisotopic (exact) mass is 339 g/mol. The van der Waals surface area contributed by atoms with Gasteiger partial charge >= 0.3 is 0 Å². The van der Waals surface area contributed by atoms with Gasteiger partial charge in [-0.3, -0.25) is 9.48 Å². The summed E-state index contributed by atoms with van der Waals surface area (Å²) in [5.74, 6) is -1.61. The molecule has 0 saturated heterocycles. The molecule has 0 radical (unpaired) electrons. The van der Waals surface area contributed by atoms with Crippen LogP contribution in [0.1, 0.15) is 11.1 Å². The molecule has 0 atom stereocenters. The minimum absolute atomic E-state index is 0.257. The Morgan fingerprint density at radius 2 is 1.76 bits per heavy atom. The van der Waals surface area contributed by atoms with Crippen LogP contribution in [0.15, 0.2) is 66.9 Å². The van der Waals surface area contributed by atoms with Crippen LogP contribution in [-0.4, -0.2) is 15.7 Å². The number of halogens is 2. The molecule has 0 spiro atoms. The molecule has 3 rings (SSSR count). The summed E-state index contributed by atoms with van der Waals surface area (Å²) >= 11 is 0. The molecule has 25 heavy (non-hydrogen) atoms. The van der Waals surface area contributed by atoms with Gasteiger partial charge in [-0.2, -0.15) is 5.10 Å². The summed E-state index contributed by atoms with van der Waals surface area (Å²) < 4.78 is 28.7. The molecule has 0 aliphatic rings. The molecule has 1 amide bonds. The first-order valence-electron chi connectivity index (χ1n) is 7.62. The predicted octanol–water partition coefficient (Wildman–Crippen LogP) is 3.86. The number of nitrogens with one attached hydrogen (secondary N) is 1. The van der Waals surface area contributed by atoms with Crippen molar-refractivity contribution in [3.05, 3.63) is 89.6 Å². The Bertz CT molecular complexity index is 884. The fraction of sp³-hybridized carbons (Fsp3) is 0.0526. The van der Waals surface area contributed by atoms with Crippen molar-refractivity contribution >= 4 is 17.8 Å². The van der Waals surface area contributed by atoms with Crippen LogP contribution < -0.4 is 5.32 Å². The van der Waals surface area contributed by atoms with Gasteiger partial charge < -0.3 is 5.32 Å². The Hall–Kier alpha value is -3.28. The highest BCUT2D eigenvalue weighted by Gasteiger charge is 2.06. The van der Waals surface area contributed by atoms with Crippen LogP contribution in [-0.2, 0) is 11.3 Å². The number of anilines is 1. The molecule has 6 heteroatoms. The molecule has 0 aliphatic heterocycles. The minimum Gasteiger partial charge on any atom is -0.306 e. The first kappa shape index (κ1) is 16.6. The van der Waals surface area contributed by atoms with E-state index < -0.39 is 17.5 Å². The topological polar surface area (TPSA) is 46.9 Å². The summed E-state index contributed by atoms with van der Waals surface area (Å²) in [6, 6.07) is 14.9. The molecular weight excluding hydrogens is 324 g/mol. The number of rotatable bonds is 5. The molecule has 4 nitrogen and oxygen atoms in total. The summed E-state index contributed by atoms with van der Waals surface area (Å²) in [4.78, 5) is 11.9. The first-order chi connectivity index (χ1) is 12.1. The lowest BCUT2D eigenvalue weighted by molar-refractivity contribution is -0.111. The average Bonchev–Trinajstić information content (AvgIpc) is 3.02. The molecular formula is C19H15F2N3O. The Kier molecular flexibility index (Phi) is 4.99. The summed E-state index contributed by atoms with van der Waals surface area (Å²) in [6.45, 7) is 0.576. The third-order valence-corrected chi connectivity index (χ3v) is 3.48. The SMILES string of the molecule is O=C(/C=C/c1c(F)cccc1F)Nc1ccn(Cc2ccccc2)n1. The maximum atomic E-state index is 13.5. The second-order valence-corrected chi connectivity index (χ2v) is 5.34. The zero-order chi connectivity index (χ0) is 17.6. The van der Waals surface area contributed by atoms with Crippen molar-refractivity contribution in [3.63, 3.8) is 0 Å². The highest BCUT2D eigenvalue weighted by Crippen LogP contribution is 2.14. The number of aromatic nitrogens is 2. The summed E-state index contributed by atoms with van der Waals surface area (Å²) in [7, 11) is 0. The molecule has 126 valence electrons. The van der Waals surface area contributed by atoms with Gasteiger partial charge in [-0.15, -0.1) is 0 Å². The van der Waals surface area contributed by atoms with E-state index in [0.717, 1.165) is 29.8 Å². The van der Waals surface area contributed by atoms with E-state index in [2.05, 4.69) is 10.4 Å². The van der Waals surface area contributed by atoms with Gasteiger partial charge in [0.2, 0.25) is 5.91 Å². The molecule has 1 aromatic heterocycles. The first-order valence-corrected chi connectivity index (χ1v) is 7.62. The molecule has 0 aliphatic carbocycles. The third kappa shape index (κ3) is 4.38. The second kappa shape index (κ2) is 7.53. The summed E-state index contributed by atoms with van der Waals surface area (Å²) in [5.41, 5.74) is 0.825. The molecule has 1 heterocycles. The van der Waals surface area contributed by atoms with Gasteiger partial charge in [0.05, 0.1) is 6.54 Å². The quantitative estimate of drug-likeness (QED) is 0.718. The van der Waals surface area contributed by atoms with Crippen molar-refractivity contribution in [2.24, 2.45) is 0 Å². The standard InChI is InChI=1S/C19H15F2N3O/c20-16-7-4-8-17(21)15(16)9-10-19(25)22-18-11-12-24(23-18)13-14-5-2-1-3-6-14/h1-12H,13H2,(H,22,23,25)/b10-9+. The van der Waals surface area contributed by atoms with E-state index >= 15 is 0 Å². The zero-order valence-corrected chi connectivity index (χ0v) is 13.2. The summed E-state index contributed by atoms with van der Waals surface area (Å²) in [6.07, 6.45) is 3.90. The lowest BCUT2D eigenvalue weighted by atomic mass is 10.2. The molecule has 0 fully saturated rings. The maximum absolute atomic E-state index is 13.5. The Balaban J connectivity index is 1.63. The van der Waals surface area contributed by atoms with Crippen molar-refractivity contribution < 1.29 is 13.6 Å². The van der Waals surface area contributed by atoms with Crippen molar-refractivity contribution in [2.75, 3.05) is 5.32 Å². The number of nitrogens with zero attached hydrogens (tertiary/aromatic N) is 2. The highest BCUT2D eigenvalue weighted by molar-refractivity contribution is 6.01. The molecule has 2 aromatic carbocycles. The van der Waals surface area contributed by atoms with E-state index in [1.165, 1.54) is 6.07 Å². The van der Waals surface area contributed by atoms with E-state index in [4.69, 9.17) is 0 Å². The number of amides is 1. The number of hydrogen-bond donors (Lipinski definition) is 1. The van der Waals surface area contributed by atoms with Crippen LogP contribution in [0.25, 0.3) is 6.08 Å². The largest absolute Gasteiger partial charge is 0.306 e. The van der Waals surface area contributed by atoms with Crippen LogP contribution in [0, 0.1) is 11.6 Å². The number of carbonyl (C=O) groups excluding carboxylic acids is 1. The Morgan fingerprint density at radius 3 is 2.48 bits per heavy atom. The average molecular weight is 339 g/mol. The fourth-order valence-corrected chi connectivity index (χ4v) is 2.28. The molecule has 0 saturated carbocycles. The fourth-order valence-electron chi connectivity index (χ4n) is 2.28. The van der Waals surface area contributed by atoms with Crippen molar-refractivity contribution in [1.82, 2.24) is 9.78 Å². The highest BCUT2D eigenvalue weighted by atomic mass is 19.1. The second-order valence-electron chi connectivity index (χ2n) is 5.34. The third-order valence-electron chi connectivity index (χ3n) is 3.48. The number of hydrogen-bond acceptors (Lipinski definition) is 2. The Labute approximate surface area is 143 Å². The molecule has 1 N–H and O–H groups in total. The molecule has 3 aromatic rings. The van der Waals surface area contributed by atoms with E-state index in [1.54, 1.807) is 16.9 Å². The van der Waals surface area contributed by atoms with Gasteiger partial charge in [0, 0.05) is 23.9 Å². The van der Waals surface area contributed by atoms with Crippen LogP contribution in [0.3, 0.4) is 0 Å². The van der Waals surface area contributed by atoms with Crippen molar-refractivity contribution in [1.29, 1.82) is 0 Å². The van der Waals surface area contributed by atoms with Crippen LogP contribution in [0.5, 0.6) is 0 Å². The summed E-state index contributed by atoms with van der Waals surface area (Å²) in [5, 5.41) is 6.79. The van der Waals surface area contributed by atoms with Crippen molar-refractivity contribution in [3.8, 4) is 0 Å². The van der Waals surface area contributed by atoms with Crippen LogP contribution in [0.2, 0.25) is 0 Å². The number of carbonyl (C=O) groups is 1. The Morgan fingerprint density at radius 1 is 1.04 bits per heavy atom. The number of benzene rings is 2. The lowest BCUT2D eigenvalue weighted by Crippen LogP contribution is -2.09. The molecule has 0 bridgehead atoms. The van der Waals surface area contributed by atoms with Gasteiger partial charge in [0.1, 0.15) is 11.6 Å². The van der Waals surface area contributed by atoms with E-state index in [9.17, 15) is 13.6 Å². The lowest BCUT2D eigenvalue weighted by Gasteiger charge is -2.01. The van der Waals surface area contributed by atoms with Crippen molar-refractivity contribution in [2.45, 2.75) is 6.54 Å². The smallest absolute Gasteiger partial charge is 0.249 e. The minimum atomic E-state index is -0.726. The van der Waals surface area contributed by atoms with E-state index in [1.807, 2.05) is 30.3 Å². The van der Waals surface area contributed by atoms with E-state index in [-0.39, 0.29) is 5.56 Å². The van der Waals surface area contributed by atoms with E-state index in [0.29, 0.717) is 12.4 Å².